The third-order valence-electron chi connectivity index (χ3n) is 5.45. The van der Waals surface area contributed by atoms with Gasteiger partial charge in [0.05, 0.1) is 22.0 Å². The van der Waals surface area contributed by atoms with Crippen molar-refractivity contribution in [2.75, 3.05) is 12.3 Å². The molecular weight excluding hydrogens is 462 g/mol. The Balaban J connectivity index is 1.51. The third-order valence-corrected chi connectivity index (χ3v) is 6.81. The summed E-state index contributed by atoms with van der Waals surface area (Å²) in [5, 5.41) is 4.43. The monoisotopic (exact) mass is 489 g/mol. The molecule has 0 aliphatic heterocycles. The highest BCUT2D eigenvalue weighted by molar-refractivity contribution is 7.99. The van der Waals surface area contributed by atoms with E-state index in [1.807, 2.05) is 36.4 Å². The SMILES string of the molecule is CC(C)n1c(SCCCNC(=O)c2ccccc2Cl)nc(-c2ccccc2)c1-c1ccccc1. The van der Waals surface area contributed by atoms with Crippen molar-refractivity contribution in [3.05, 3.63) is 95.5 Å². The van der Waals surface area contributed by atoms with Gasteiger partial charge in [0.1, 0.15) is 0 Å². The highest BCUT2D eigenvalue weighted by Crippen LogP contribution is 2.38. The largest absolute Gasteiger partial charge is 0.352 e. The van der Waals surface area contributed by atoms with Crippen molar-refractivity contribution in [2.45, 2.75) is 31.5 Å². The van der Waals surface area contributed by atoms with Crippen LogP contribution in [0.4, 0.5) is 0 Å². The quantitative estimate of drug-likeness (QED) is 0.197. The zero-order valence-corrected chi connectivity index (χ0v) is 20.9. The zero-order valence-electron chi connectivity index (χ0n) is 19.4. The minimum atomic E-state index is -0.142. The fraction of sp³-hybridized carbons (Fsp3) is 0.214. The van der Waals surface area contributed by atoms with Crippen molar-refractivity contribution in [1.82, 2.24) is 14.9 Å². The van der Waals surface area contributed by atoms with Crippen molar-refractivity contribution < 1.29 is 4.79 Å². The first-order valence-corrected chi connectivity index (χ1v) is 12.8. The summed E-state index contributed by atoms with van der Waals surface area (Å²) in [6.07, 6.45) is 0.827. The number of thioether (sulfide) groups is 1. The molecule has 0 atom stereocenters. The molecule has 1 amide bonds. The van der Waals surface area contributed by atoms with E-state index in [1.54, 1.807) is 23.9 Å². The predicted molar refractivity (Wildman–Crippen MR) is 143 cm³/mol. The number of carbonyl (C=O) groups is 1. The van der Waals surface area contributed by atoms with Crippen LogP contribution in [0.25, 0.3) is 22.5 Å². The van der Waals surface area contributed by atoms with Crippen molar-refractivity contribution in [3.8, 4) is 22.5 Å². The van der Waals surface area contributed by atoms with Gasteiger partial charge in [0.25, 0.3) is 5.91 Å². The van der Waals surface area contributed by atoms with Gasteiger partial charge in [-0.3, -0.25) is 4.79 Å². The summed E-state index contributed by atoms with van der Waals surface area (Å²) in [6, 6.07) is 28.1. The van der Waals surface area contributed by atoms with E-state index in [0.717, 1.165) is 39.8 Å². The minimum absolute atomic E-state index is 0.142. The molecule has 0 saturated heterocycles. The van der Waals surface area contributed by atoms with Crippen LogP contribution in [0.1, 0.15) is 36.7 Å². The number of carbonyl (C=O) groups excluding carboxylic acids is 1. The fourth-order valence-electron chi connectivity index (χ4n) is 3.84. The van der Waals surface area contributed by atoms with Crippen molar-refractivity contribution in [2.24, 2.45) is 0 Å². The molecule has 0 radical (unpaired) electrons. The Bertz CT molecular complexity index is 1240. The van der Waals surface area contributed by atoms with Crippen molar-refractivity contribution in [1.29, 1.82) is 0 Å². The van der Waals surface area contributed by atoms with E-state index >= 15 is 0 Å². The number of rotatable bonds is 9. The van der Waals surface area contributed by atoms with Crippen molar-refractivity contribution in [3.63, 3.8) is 0 Å². The number of aromatic nitrogens is 2. The topological polar surface area (TPSA) is 46.9 Å². The van der Waals surface area contributed by atoms with Crippen molar-refractivity contribution >= 4 is 29.3 Å². The molecule has 0 aliphatic rings. The van der Waals surface area contributed by atoms with E-state index in [1.165, 1.54) is 0 Å². The van der Waals surface area contributed by atoms with E-state index < -0.39 is 0 Å². The molecule has 174 valence electrons. The number of halogens is 1. The smallest absolute Gasteiger partial charge is 0.252 e. The number of nitrogens with zero attached hydrogens (tertiary/aromatic N) is 2. The van der Waals surface area contributed by atoms with Gasteiger partial charge in [-0.25, -0.2) is 4.98 Å². The van der Waals surface area contributed by atoms with Crippen LogP contribution in [-0.4, -0.2) is 27.8 Å². The first-order chi connectivity index (χ1) is 16.6. The van der Waals surface area contributed by atoms with Crippen LogP contribution in [0, 0.1) is 0 Å². The summed E-state index contributed by atoms with van der Waals surface area (Å²) in [5.41, 5.74) is 4.90. The Morgan fingerprint density at radius 3 is 2.21 bits per heavy atom. The maximum absolute atomic E-state index is 12.4. The maximum Gasteiger partial charge on any atom is 0.252 e. The van der Waals surface area contributed by atoms with Gasteiger partial charge < -0.3 is 9.88 Å². The molecular formula is C28H28ClN3OS. The highest BCUT2D eigenvalue weighted by Gasteiger charge is 2.21. The molecule has 4 rings (SSSR count). The van der Waals surface area contributed by atoms with Crippen LogP contribution in [0.15, 0.2) is 90.1 Å². The number of nitrogens with one attached hydrogen (secondary N) is 1. The standard InChI is InChI=1S/C28H28ClN3OS/c1-20(2)32-26(22-14-7-4-8-15-22)25(21-12-5-3-6-13-21)31-28(32)34-19-11-18-30-27(33)23-16-9-10-17-24(23)29/h3-10,12-17,20H,11,18-19H2,1-2H3,(H,30,33). The number of imidazole rings is 1. The van der Waals surface area contributed by atoms with Gasteiger partial charge in [-0.2, -0.15) is 0 Å². The number of hydrogen-bond donors (Lipinski definition) is 1. The summed E-state index contributed by atoms with van der Waals surface area (Å²) < 4.78 is 2.32. The molecule has 4 nitrogen and oxygen atoms in total. The third kappa shape index (κ3) is 5.54. The average Bonchev–Trinajstić information content (AvgIpc) is 3.25. The molecule has 1 N–H and O–H groups in total. The lowest BCUT2D eigenvalue weighted by atomic mass is 10.0. The van der Waals surface area contributed by atoms with Crippen LogP contribution < -0.4 is 5.32 Å². The summed E-state index contributed by atoms with van der Waals surface area (Å²) in [6.45, 7) is 4.96. The Morgan fingerprint density at radius 2 is 1.56 bits per heavy atom. The summed E-state index contributed by atoms with van der Waals surface area (Å²) in [7, 11) is 0. The second-order valence-corrected chi connectivity index (χ2v) is 9.69. The summed E-state index contributed by atoms with van der Waals surface area (Å²) in [4.78, 5) is 17.5. The zero-order chi connectivity index (χ0) is 23.9. The lowest BCUT2D eigenvalue weighted by Gasteiger charge is -2.16. The van der Waals surface area contributed by atoms with Gasteiger partial charge in [0, 0.05) is 29.5 Å². The maximum atomic E-state index is 12.4. The van der Waals surface area contributed by atoms with E-state index in [-0.39, 0.29) is 11.9 Å². The van der Waals surface area contributed by atoms with Gasteiger partial charge >= 0.3 is 0 Å². The van der Waals surface area contributed by atoms with Crippen LogP contribution in [-0.2, 0) is 0 Å². The Kier molecular flexibility index (Phi) is 8.09. The van der Waals surface area contributed by atoms with Gasteiger partial charge in [0.2, 0.25) is 0 Å². The summed E-state index contributed by atoms with van der Waals surface area (Å²) in [5.74, 6) is 0.701. The van der Waals surface area contributed by atoms with Crippen LogP contribution in [0.5, 0.6) is 0 Å². The van der Waals surface area contributed by atoms with E-state index in [0.29, 0.717) is 17.1 Å². The highest BCUT2D eigenvalue weighted by atomic mass is 35.5. The van der Waals surface area contributed by atoms with Gasteiger partial charge in [-0.15, -0.1) is 0 Å². The van der Waals surface area contributed by atoms with Crippen LogP contribution in [0.2, 0.25) is 5.02 Å². The Hall–Kier alpha value is -3.02. The average molecular weight is 490 g/mol. The fourth-order valence-corrected chi connectivity index (χ4v) is 5.13. The molecule has 4 aromatic rings. The lowest BCUT2D eigenvalue weighted by molar-refractivity contribution is 0.0954. The molecule has 34 heavy (non-hydrogen) atoms. The first kappa shape index (κ1) is 24.1. The van der Waals surface area contributed by atoms with Gasteiger partial charge in [-0.05, 0) is 32.4 Å². The van der Waals surface area contributed by atoms with E-state index in [9.17, 15) is 4.79 Å². The lowest BCUT2D eigenvalue weighted by Crippen LogP contribution is -2.25. The second-order valence-electron chi connectivity index (χ2n) is 8.23. The number of hydrogen-bond acceptors (Lipinski definition) is 3. The van der Waals surface area contributed by atoms with Crippen LogP contribution >= 0.6 is 23.4 Å². The first-order valence-electron chi connectivity index (χ1n) is 11.4. The summed E-state index contributed by atoms with van der Waals surface area (Å²) >= 11 is 7.85. The van der Waals surface area contributed by atoms with Gasteiger partial charge in [0.15, 0.2) is 5.16 Å². The Morgan fingerprint density at radius 1 is 0.941 bits per heavy atom. The van der Waals surface area contributed by atoms with Crippen LogP contribution in [0.3, 0.4) is 0 Å². The molecule has 1 heterocycles. The molecule has 1 aromatic heterocycles. The van der Waals surface area contributed by atoms with Gasteiger partial charge in [-0.1, -0.05) is 96.2 Å². The molecule has 0 aliphatic carbocycles. The molecule has 0 unspecified atom stereocenters. The molecule has 0 spiro atoms. The second kappa shape index (κ2) is 11.4. The molecule has 3 aromatic carbocycles. The molecule has 0 fully saturated rings. The molecule has 0 saturated carbocycles. The normalized spacial score (nSPS) is 11.1. The Labute approximate surface area is 210 Å². The predicted octanol–water partition coefficient (Wildman–Crippen LogP) is 7.36. The minimum Gasteiger partial charge on any atom is -0.352 e. The molecule has 6 heteroatoms. The number of benzene rings is 3. The van der Waals surface area contributed by atoms with E-state index in [2.05, 4.69) is 60.1 Å². The number of amides is 1. The molecule has 0 bridgehead atoms. The van der Waals surface area contributed by atoms with E-state index in [4.69, 9.17) is 16.6 Å².